The average Bonchev–Trinajstić information content (AvgIpc) is 2.14. The standard InChI is InChI=1S/C8H8O10/c9-2(10)1-8(18,7(16)17)3(5(12)13)4(11)6(14)15/h3,18H,1H2,(H,9,10)(H,12,13)(H,14,15)(H,16,17). The smallest absolute Gasteiger partial charge is 0.373 e. The van der Waals surface area contributed by atoms with E-state index in [1.165, 1.54) is 0 Å². The zero-order valence-corrected chi connectivity index (χ0v) is 8.56. The first-order chi connectivity index (χ1) is 8.04. The van der Waals surface area contributed by atoms with E-state index in [1.54, 1.807) is 0 Å². The number of carbonyl (C=O) groups excluding carboxylic acids is 1. The van der Waals surface area contributed by atoms with Crippen molar-refractivity contribution in [3.05, 3.63) is 0 Å². The minimum Gasteiger partial charge on any atom is -0.481 e. The predicted molar refractivity (Wildman–Crippen MR) is 48.6 cm³/mol. The summed E-state index contributed by atoms with van der Waals surface area (Å²) < 4.78 is 0. The molecule has 0 fully saturated rings. The maximum absolute atomic E-state index is 11.0. The fourth-order valence-electron chi connectivity index (χ4n) is 1.19. The van der Waals surface area contributed by atoms with Gasteiger partial charge in [-0.1, -0.05) is 0 Å². The summed E-state index contributed by atoms with van der Waals surface area (Å²) in [4.78, 5) is 53.1. The highest BCUT2D eigenvalue weighted by Crippen LogP contribution is 2.24. The summed E-state index contributed by atoms with van der Waals surface area (Å²) in [6, 6.07) is 0. The average molecular weight is 264 g/mol. The van der Waals surface area contributed by atoms with Crippen molar-refractivity contribution in [2.24, 2.45) is 5.92 Å². The topological polar surface area (TPSA) is 186 Å². The van der Waals surface area contributed by atoms with Crippen molar-refractivity contribution in [2.45, 2.75) is 12.0 Å². The van der Waals surface area contributed by atoms with Gasteiger partial charge in [0.2, 0.25) is 0 Å². The predicted octanol–water partition coefficient (Wildman–Crippen LogP) is -2.37. The largest absolute Gasteiger partial charge is 0.481 e. The number of hydrogen-bond acceptors (Lipinski definition) is 6. The third-order valence-electron chi connectivity index (χ3n) is 1.99. The third-order valence-corrected chi connectivity index (χ3v) is 1.99. The molecule has 18 heavy (non-hydrogen) atoms. The number of hydrogen-bond donors (Lipinski definition) is 5. The molecule has 0 saturated heterocycles. The van der Waals surface area contributed by atoms with Gasteiger partial charge < -0.3 is 25.5 Å². The molecule has 0 aromatic rings. The molecule has 0 aromatic carbocycles. The SMILES string of the molecule is O=C(O)CC(O)(C(=O)O)C(C(=O)O)C(=O)C(=O)O. The second kappa shape index (κ2) is 5.23. The van der Waals surface area contributed by atoms with E-state index in [1.807, 2.05) is 0 Å². The second-order valence-corrected chi connectivity index (χ2v) is 3.24. The quantitative estimate of drug-likeness (QED) is 0.245. The Balaban J connectivity index is 5.73. The monoisotopic (exact) mass is 264 g/mol. The van der Waals surface area contributed by atoms with Crippen LogP contribution in [-0.4, -0.2) is 60.8 Å². The lowest BCUT2D eigenvalue weighted by Crippen LogP contribution is -2.55. The van der Waals surface area contributed by atoms with E-state index >= 15 is 0 Å². The lowest BCUT2D eigenvalue weighted by atomic mass is 9.81. The summed E-state index contributed by atoms with van der Waals surface area (Å²) in [5.74, 6) is -13.9. The summed E-state index contributed by atoms with van der Waals surface area (Å²) in [7, 11) is 0. The van der Waals surface area contributed by atoms with Gasteiger partial charge in [0, 0.05) is 0 Å². The highest BCUT2D eigenvalue weighted by molar-refractivity contribution is 6.38. The first-order valence-electron chi connectivity index (χ1n) is 4.21. The molecule has 0 spiro atoms. The van der Waals surface area contributed by atoms with Gasteiger partial charge >= 0.3 is 23.9 Å². The number of carbonyl (C=O) groups is 5. The zero-order chi connectivity index (χ0) is 14.7. The van der Waals surface area contributed by atoms with Gasteiger partial charge in [-0.2, -0.15) is 0 Å². The highest BCUT2D eigenvalue weighted by atomic mass is 16.4. The van der Waals surface area contributed by atoms with Crippen LogP contribution in [0.15, 0.2) is 0 Å². The second-order valence-electron chi connectivity index (χ2n) is 3.24. The molecule has 0 rings (SSSR count). The summed E-state index contributed by atoms with van der Waals surface area (Å²) in [6.45, 7) is 0. The summed E-state index contributed by atoms with van der Waals surface area (Å²) in [5, 5.41) is 43.4. The Bertz CT molecular complexity index is 424. The molecule has 0 amide bonds. The molecule has 10 heteroatoms. The zero-order valence-electron chi connectivity index (χ0n) is 8.56. The van der Waals surface area contributed by atoms with Crippen molar-refractivity contribution in [3.63, 3.8) is 0 Å². The molecule has 0 saturated carbocycles. The van der Waals surface area contributed by atoms with Crippen molar-refractivity contribution in [1.29, 1.82) is 0 Å². The summed E-state index contributed by atoms with van der Waals surface area (Å²) in [5.41, 5.74) is -3.55. The first kappa shape index (κ1) is 15.5. The highest BCUT2D eigenvalue weighted by Gasteiger charge is 2.55. The summed E-state index contributed by atoms with van der Waals surface area (Å²) in [6.07, 6.45) is -1.64. The molecule has 2 atom stereocenters. The van der Waals surface area contributed by atoms with E-state index in [2.05, 4.69) is 0 Å². The van der Waals surface area contributed by atoms with Crippen molar-refractivity contribution in [2.75, 3.05) is 0 Å². The van der Waals surface area contributed by atoms with Crippen LogP contribution in [0, 0.1) is 5.92 Å². The van der Waals surface area contributed by atoms with E-state index in [9.17, 15) is 29.1 Å². The van der Waals surface area contributed by atoms with Crippen molar-refractivity contribution in [3.8, 4) is 0 Å². The molecule has 0 aromatic heterocycles. The third kappa shape index (κ3) is 3.01. The number of rotatable bonds is 7. The Hall–Kier alpha value is -2.49. The van der Waals surface area contributed by atoms with Gasteiger partial charge in [0.1, 0.15) is 0 Å². The maximum atomic E-state index is 11.0. The van der Waals surface area contributed by atoms with Crippen LogP contribution < -0.4 is 0 Å². The number of carboxylic acid groups (broad SMARTS) is 4. The van der Waals surface area contributed by atoms with Crippen LogP contribution in [0.1, 0.15) is 6.42 Å². The van der Waals surface area contributed by atoms with Crippen LogP contribution in [0.25, 0.3) is 0 Å². The van der Waals surface area contributed by atoms with Gasteiger partial charge in [-0.15, -0.1) is 0 Å². The molecule has 0 aliphatic rings. The van der Waals surface area contributed by atoms with Gasteiger partial charge in [0.25, 0.3) is 5.78 Å². The molecule has 0 heterocycles. The minimum absolute atomic E-state index is 1.64. The lowest BCUT2D eigenvalue weighted by Gasteiger charge is -2.25. The number of aliphatic carboxylic acids is 4. The summed E-state index contributed by atoms with van der Waals surface area (Å²) >= 11 is 0. The van der Waals surface area contributed by atoms with Crippen LogP contribution in [-0.2, 0) is 24.0 Å². The fraction of sp³-hybridized carbons (Fsp3) is 0.375. The Labute approximate surface area is 98.1 Å². The van der Waals surface area contributed by atoms with Crippen LogP contribution >= 0.6 is 0 Å². The van der Waals surface area contributed by atoms with Gasteiger partial charge in [-0.25, -0.2) is 9.59 Å². The van der Waals surface area contributed by atoms with E-state index in [-0.39, 0.29) is 0 Å². The molecule has 0 aliphatic heterocycles. The van der Waals surface area contributed by atoms with Crippen LogP contribution in [0.5, 0.6) is 0 Å². The molecule has 0 bridgehead atoms. The number of aliphatic hydroxyl groups is 1. The molecule has 5 N–H and O–H groups in total. The van der Waals surface area contributed by atoms with Gasteiger partial charge in [-0.05, 0) is 0 Å². The van der Waals surface area contributed by atoms with Gasteiger partial charge in [0.15, 0.2) is 11.5 Å². The van der Waals surface area contributed by atoms with Gasteiger partial charge in [0.05, 0.1) is 6.42 Å². The first-order valence-corrected chi connectivity index (χ1v) is 4.21. The molecule has 100 valence electrons. The minimum atomic E-state index is -3.55. The molecule has 2 unspecified atom stereocenters. The molecule has 10 nitrogen and oxygen atoms in total. The Kier molecular flexibility index (Phi) is 4.50. The van der Waals surface area contributed by atoms with E-state index in [4.69, 9.17) is 20.4 Å². The number of carboxylic acids is 4. The molecule has 0 radical (unpaired) electrons. The van der Waals surface area contributed by atoms with E-state index in [0.29, 0.717) is 0 Å². The van der Waals surface area contributed by atoms with Crippen LogP contribution in [0.2, 0.25) is 0 Å². The van der Waals surface area contributed by atoms with Crippen molar-refractivity contribution in [1.82, 2.24) is 0 Å². The molecule has 0 aliphatic carbocycles. The van der Waals surface area contributed by atoms with Crippen molar-refractivity contribution >= 4 is 29.7 Å². The Morgan fingerprint density at radius 1 is 0.944 bits per heavy atom. The van der Waals surface area contributed by atoms with Crippen LogP contribution in [0.4, 0.5) is 0 Å². The number of Topliss-reactive ketones (excluding diaryl/α,β-unsaturated/α-hetero) is 1. The van der Waals surface area contributed by atoms with E-state index < -0.39 is 47.6 Å². The Morgan fingerprint density at radius 2 is 1.39 bits per heavy atom. The molecular formula is C8H8O10. The van der Waals surface area contributed by atoms with Gasteiger partial charge in [-0.3, -0.25) is 14.4 Å². The van der Waals surface area contributed by atoms with E-state index in [0.717, 1.165) is 0 Å². The number of ketones is 1. The Morgan fingerprint density at radius 3 is 1.61 bits per heavy atom. The van der Waals surface area contributed by atoms with Crippen molar-refractivity contribution < 1.29 is 49.5 Å². The molecular weight excluding hydrogens is 256 g/mol. The fourth-order valence-corrected chi connectivity index (χ4v) is 1.19. The van der Waals surface area contributed by atoms with Crippen LogP contribution in [0.3, 0.4) is 0 Å². The lowest BCUT2D eigenvalue weighted by molar-refractivity contribution is -0.183. The maximum Gasteiger partial charge on any atom is 0.373 e. The normalized spacial score (nSPS) is 15.2.